The van der Waals surface area contributed by atoms with E-state index in [4.69, 9.17) is 9.47 Å². The molecule has 2 aromatic rings. The second-order valence-corrected chi connectivity index (χ2v) is 4.41. The summed E-state index contributed by atoms with van der Waals surface area (Å²) < 4.78 is 11.8. The summed E-state index contributed by atoms with van der Waals surface area (Å²) in [5.41, 5.74) is 0. The topological polar surface area (TPSA) is 18.5 Å². The largest absolute Gasteiger partial charge is 0.493 e. The van der Waals surface area contributed by atoms with Crippen LogP contribution in [-0.4, -0.2) is 14.2 Å². The molecule has 0 aliphatic heterocycles. The Kier molecular flexibility index (Phi) is 3.00. The molecule has 78 valence electrons. The van der Waals surface area contributed by atoms with E-state index in [1.54, 1.807) is 14.2 Å². The van der Waals surface area contributed by atoms with Crippen molar-refractivity contribution in [1.29, 1.82) is 0 Å². The van der Waals surface area contributed by atoms with Crippen molar-refractivity contribution >= 4 is 33.4 Å². The minimum atomic E-state index is 0.770. The Bertz CT molecular complexity index is 494. The molecule has 2 rings (SSSR count). The first-order valence-electron chi connectivity index (χ1n) is 4.56. The Labute approximate surface area is 102 Å². The molecule has 0 spiro atoms. The van der Waals surface area contributed by atoms with Gasteiger partial charge in [0.25, 0.3) is 0 Å². The summed E-state index contributed by atoms with van der Waals surface area (Å²) in [5.74, 6) is 1.57. The zero-order valence-electron chi connectivity index (χ0n) is 8.58. The molecule has 15 heavy (non-hydrogen) atoms. The van der Waals surface area contributed by atoms with E-state index >= 15 is 0 Å². The molecule has 0 aliphatic carbocycles. The van der Waals surface area contributed by atoms with Gasteiger partial charge in [-0.25, -0.2) is 0 Å². The van der Waals surface area contributed by atoms with Crippen molar-refractivity contribution in [2.45, 2.75) is 0 Å². The van der Waals surface area contributed by atoms with Crippen LogP contribution < -0.4 is 9.47 Å². The summed E-state index contributed by atoms with van der Waals surface area (Å²) in [4.78, 5) is 0. The van der Waals surface area contributed by atoms with E-state index in [0.717, 1.165) is 16.9 Å². The fourth-order valence-electron chi connectivity index (χ4n) is 1.62. The quantitative estimate of drug-likeness (QED) is 0.791. The number of fused-ring (bicyclic) bond motifs is 1. The maximum absolute atomic E-state index is 5.36. The predicted molar refractivity (Wildman–Crippen MR) is 69.8 cm³/mol. The van der Waals surface area contributed by atoms with Gasteiger partial charge in [0.15, 0.2) is 11.5 Å². The summed E-state index contributed by atoms with van der Waals surface area (Å²) in [6, 6.07) is 10.2. The van der Waals surface area contributed by atoms with Crippen LogP contribution in [0.25, 0.3) is 10.8 Å². The zero-order chi connectivity index (χ0) is 10.8. The lowest BCUT2D eigenvalue weighted by Gasteiger charge is -2.10. The number of ether oxygens (including phenoxy) is 2. The van der Waals surface area contributed by atoms with E-state index in [1.807, 2.05) is 12.1 Å². The van der Waals surface area contributed by atoms with Crippen molar-refractivity contribution in [1.82, 2.24) is 0 Å². The third-order valence-corrected chi connectivity index (χ3v) is 2.99. The first kappa shape index (κ1) is 10.5. The zero-order valence-corrected chi connectivity index (χ0v) is 10.7. The van der Waals surface area contributed by atoms with Crippen LogP contribution in [0.1, 0.15) is 0 Å². The Morgan fingerprint density at radius 2 is 1.80 bits per heavy atom. The molecule has 0 N–H and O–H groups in total. The first-order valence-corrected chi connectivity index (χ1v) is 5.64. The number of benzene rings is 2. The fourth-order valence-corrected chi connectivity index (χ4v) is 2.14. The van der Waals surface area contributed by atoms with Gasteiger partial charge in [0.1, 0.15) is 0 Å². The fraction of sp³-hybridized carbons (Fsp3) is 0.167. The Balaban J connectivity index is 2.76. The molecule has 2 aromatic carbocycles. The molecule has 0 aliphatic rings. The number of hydrogen-bond acceptors (Lipinski definition) is 2. The molecule has 0 heterocycles. The van der Waals surface area contributed by atoms with Crippen LogP contribution in [0.2, 0.25) is 0 Å². The minimum absolute atomic E-state index is 0.770. The molecule has 0 radical (unpaired) electrons. The van der Waals surface area contributed by atoms with Crippen molar-refractivity contribution in [3.63, 3.8) is 0 Å². The highest BCUT2D eigenvalue weighted by molar-refractivity contribution is 14.1. The lowest BCUT2D eigenvalue weighted by molar-refractivity contribution is 0.358. The van der Waals surface area contributed by atoms with E-state index in [0.29, 0.717) is 0 Å². The summed E-state index contributed by atoms with van der Waals surface area (Å²) >= 11 is 2.30. The lowest BCUT2D eigenvalue weighted by Crippen LogP contribution is -1.91. The van der Waals surface area contributed by atoms with Crippen LogP contribution in [0, 0.1) is 3.57 Å². The Morgan fingerprint density at radius 1 is 1.00 bits per heavy atom. The molecule has 0 saturated heterocycles. The van der Waals surface area contributed by atoms with Crippen molar-refractivity contribution in [2.75, 3.05) is 14.2 Å². The van der Waals surface area contributed by atoms with Gasteiger partial charge in [-0.3, -0.25) is 0 Å². The van der Waals surface area contributed by atoms with Crippen LogP contribution in [0.4, 0.5) is 0 Å². The van der Waals surface area contributed by atoms with Crippen molar-refractivity contribution in [2.24, 2.45) is 0 Å². The van der Waals surface area contributed by atoms with E-state index in [1.165, 1.54) is 8.96 Å². The predicted octanol–water partition coefficient (Wildman–Crippen LogP) is 3.46. The van der Waals surface area contributed by atoms with Crippen LogP contribution in [-0.2, 0) is 0 Å². The van der Waals surface area contributed by atoms with Gasteiger partial charge in [0.05, 0.1) is 14.2 Å². The van der Waals surface area contributed by atoms with Crippen LogP contribution in [0.5, 0.6) is 11.5 Å². The van der Waals surface area contributed by atoms with Gasteiger partial charge in [0, 0.05) is 8.96 Å². The van der Waals surface area contributed by atoms with Crippen LogP contribution in [0.15, 0.2) is 30.3 Å². The third-order valence-electron chi connectivity index (χ3n) is 2.32. The molecule has 0 aromatic heterocycles. The van der Waals surface area contributed by atoms with Gasteiger partial charge in [-0.2, -0.15) is 0 Å². The average Bonchev–Trinajstić information content (AvgIpc) is 2.27. The molecule has 0 unspecified atom stereocenters. The lowest BCUT2D eigenvalue weighted by atomic mass is 10.1. The molecule has 0 bridgehead atoms. The molecular formula is C12H11IO2. The van der Waals surface area contributed by atoms with Crippen LogP contribution in [0.3, 0.4) is 0 Å². The van der Waals surface area contributed by atoms with Gasteiger partial charge in [-0.1, -0.05) is 6.07 Å². The molecule has 0 amide bonds. The van der Waals surface area contributed by atoms with Gasteiger partial charge in [-0.05, 0) is 52.2 Å². The van der Waals surface area contributed by atoms with Gasteiger partial charge >= 0.3 is 0 Å². The van der Waals surface area contributed by atoms with Crippen LogP contribution >= 0.6 is 22.6 Å². The molecule has 2 nitrogen and oxygen atoms in total. The number of methoxy groups -OCH3 is 2. The van der Waals surface area contributed by atoms with E-state index < -0.39 is 0 Å². The number of rotatable bonds is 2. The maximum atomic E-state index is 5.36. The molecule has 3 heteroatoms. The first-order chi connectivity index (χ1) is 7.26. The Morgan fingerprint density at radius 3 is 2.47 bits per heavy atom. The summed E-state index contributed by atoms with van der Waals surface area (Å²) in [5, 5.41) is 2.25. The summed E-state index contributed by atoms with van der Waals surface area (Å²) in [7, 11) is 3.31. The normalized spacial score (nSPS) is 10.3. The van der Waals surface area contributed by atoms with Gasteiger partial charge in [-0.15, -0.1) is 0 Å². The SMILES string of the molecule is COc1ccc2cc(I)ccc2c1OC. The highest BCUT2D eigenvalue weighted by Crippen LogP contribution is 2.35. The van der Waals surface area contributed by atoms with E-state index in [2.05, 4.69) is 40.8 Å². The maximum Gasteiger partial charge on any atom is 0.168 e. The smallest absolute Gasteiger partial charge is 0.168 e. The third kappa shape index (κ3) is 1.88. The monoisotopic (exact) mass is 314 g/mol. The minimum Gasteiger partial charge on any atom is -0.493 e. The Hall–Kier alpha value is -0.970. The van der Waals surface area contributed by atoms with Crippen molar-refractivity contribution in [3.05, 3.63) is 33.9 Å². The van der Waals surface area contributed by atoms with Crippen molar-refractivity contribution in [3.8, 4) is 11.5 Å². The highest BCUT2D eigenvalue weighted by atomic mass is 127. The average molecular weight is 314 g/mol. The highest BCUT2D eigenvalue weighted by Gasteiger charge is 2.08. The number of halogens is 1. The molecule has 0 saturated carbocycles. The second-order valence-electron chi connectivity index (χ2n) is 3.17. The van der Waals surface area contributed by atoms with E-state index in [9.17, 15) is 0 Å². The van der Waals surface area contributed by atoms with Gasteiger partial charge in [0.2, 0.25) is 0 Å². The standard InChI is InChI=1S/C12H11IO2/c1-14-11-6-3-8-7-9(13)4-5-10(8)12(11)15-2/h3-7H,1-2H3. The van der Waals surface area contributed by atoms with Crippen molar-refractivity contribution < 1.29 is 9.47 Å². The van der Waals surface area contributed by atoms with Gasteiger partial charge < -0.3 is 9.47 Å². The molecule has 0 atom stereocenters. The van der Waals surface area contributed by atoms with E-state index in [-0.39, 0.29) is 0 Å². The number of hydrogen-bond donors (Lipinski definition) is 0. The second kappa shape index (κ2) is 4.26. The summed E-state index contributed by atoms with van der Waals surface area (Å²) in [6.07, 6.45) is 0. The molecule has 0 fully saturated rings. The summed E-state index contributed by atoms with van der Waals surface area (Å²) in [6.45, 7) is 0. The molecular weight excluding hydrogens is 303 g/mol.